The Hall–Kier alpha value is -4.39. The van der Waals surface area contributed by atoms with Crippen LogP contribution in [0.4, 0.5) is 20.0 Å². The molecule has 0 spiro atoms. The number of hydrogen-bond donors (Lipinski definition) is 2. The number of nitrogens with zero attached hydrogens (tertiary/aromatic N) is 2. The van der Waals surface area contributed by atoms with E-state index in [-0.39, 0.29) is 0 Å². The summed E-state index contributed by atoms with van der Waals surface area (Å²) in [6.45, 7) is 4.03. The summed E-state index contributed by atoms with van der Waals surface area (Å²) >= 11 is 0. The van der Waals surface area contributed by atoms with E-state index in [4.69, 9.17) is 16.5 Å². The highest BCUT2D eigenvalue weighted by atomic mass is 19.2. The maximum Gasteiger partial charge on any atom is 0.678 e. The van der Waals surface area contributed by atoms with Crippen molar-refractivity contribution in [3.63, 3.8) is 0 Å². The van der Waals surface area contributed by atoms with Crippen molar-refractivity contribution in [2.24, 2.45) is 4.99 Å². The van der Waals surface area contributed by atoms with Crippen LogP contribution in [0.15, 0.2) is 88.6 Å². The van der Waals surface area contributed by atoms with Gasteiger partial charge in [-0.25, -0.2) is 4.99 Å². The van der Waals surface area contributed by atoms with E-state index in [0.29, 0.717) is 34.8 Å². The molecule has 7 heteroatoms. The Kier molecular flexibility index (Phi) is 5.60. The van der Waals surface area contributed by atoms with Crippen molar-refractivity contribution in [3.8, 4) is 11.3 Å². The summed E-state index contributed by atoms with van der Waals surface area (Å²) in [5, 5.41) is 0. The van der Waals surface area contributed by atoms with Gasteiger partial charge in [0, 0.05) is 28.1 Å². The first-order valence-electron chi connectivity index (χ1n) is 13.7. The molecule has 0 amide bonds. The largest absolute Gasteiger partial charge is 0.678 e. The third-order valence-electron chi connectivity index (χ3n) is 8.77. The minimum atomic E-state index is -2.74. The van der Waals surface area contributed by atoms with E-state index < -0.39 is 7.40 Å². The minimum Gasteiger partial charge on any atom is -0.397 e. The summed E-state index contributed by atoms with van der Waals surface area (Å²) in [6, 6.07) is 21.6. The Labute approximate surface area is 232 Å². The first-order valence-corrected chi connectivity index (χ1v) is 13.7. The van der Waals surface area contributed by atoms with E-state index in [2.05, 4.69) is 25.1 Å². The predicted molar refractivity (Wildman–Crippen MR) is 161 cm³/mol. The van der Waals surface area contributed by atoms with Gasteiger partial charge in [-0.05, 0) is 90.6 Å². The van der Waals surface area contributed by atoms with Crippen LogP contribution in [-0.4, -0.2) is 17.6 Å². The number of halogens is 2. The average molecular weight is 530 g/mol. The number of anilines is 2. The van der Waals surface area contributed by atoms with Crippen LogP contribution in [0.2, 0.25) is 0 Å². The van der Waals surface area contributed by atoms with Crippen molar-refractivity contribution in [1.82, 2.24) is 4.48 Å². The van der Waals surface area contributed by atoms with E-state index in [1.807, 2.05) is 43.3 Å². The second-order valence-electron chi connectivity index (χ2n) is 10.9. The van der Waals surface area contributed by atoms with Gasteiger partial charge < -0.3 is 15.9 Å². The lowest BCUT2D eigenvalue weighted by atomic mass is 9.84. The Morgan fingerprint density at radius 2 is 1.50 bits per heavy atom. The number of fused-ring (bicyclic) bond motifs is 6. The third-order valence-corrected chi connectivity index (χ3v) is 8.77. The smallest absolute Gasteiger partial charge is 0.397 e. The zero-order valence-electron chi connectivity index (χ0n) is 22.6. The van der Waals surface area contributed by atoms with Gasteiger partial charge in [0.1, 0.15) is 0 Å². The van der Waals surface area contributed by atoms with Gasteiger partial charge in [0.15, 0.2) is 0 Å². The molecule has 0 bridgehead atoms. The van der Waals surface area contributed by atoms with Crippen molar-refractivity contribution in [2.75, 3.05) is 11.5 Å². The molecule has 1 aliphatic heterocycles. The molecule has 4 N–H and O–H groups in total. The molecule has 7 rings (SSSR count). The fraction of sp³-hybridized carbons (Fsp3) is 0.182. The summed E-state index contributed by atoms with van der Waals surface area (Å²) in [7, 11) is -2.74. The van der Waals surface area contributed by atoms with Crippen LogP contribution >= 0.6 is 0 Å². The predicted octanol–water partition coefficient (Wildman–Crippen LogP) is 7.02. The van der Waals surface area contributed by atoms with E-state index in [9.17, 15) is 0 Å². The quantitative estimate of drug-likeness (QED) is 0.221. The van der Waals surface area contributed by atoms with Gasteiger partial charge in [-0.2, -0.15) is 0 Å². The van der Waals surface area contributed by atoms with Gasteiger partial charge in [-0.15, -0.1) is 0 Å². The van der Waals surface area contributed by atoms with Crippen LogP contribution in [0.25, 0.3) is 16.8 Å². The lowest BCUT2D eigenvalue weighted by Gasteiger charge is -2.20. The molecule has 0 atom stereocenters. The standard InChI is InChI=1S/C33H29BF2N4/c1-18-23-14-11-20-7-3-5-9-25(20)31(23)39-30(18)29(22-13-16-27(37)28(38)17-22)32-19(2)24-15-12-21-8-4-6-10-26(21)33(24)40(32)34(35)36/h3-10,13,16-17H,11-12,14-15,37-38H2,1-2H3/b30-29-. The fourth-order valence-electron chi connectivity index (χ4n) is 6.79. The lowest BCUT2D eigenvalue weighted by Crippen LogP contribution is -2.19. The number of nitrogens with two attached hydrogens (primary N) is 2. The van der Waals surface area contributed by atoms with E-state index in [1.54, 1.807) is 12.1 Å². The summed E-state index contributed by atoms with van der Waals surface area (Å²) < 4.78 is 31.8. The second-order valence-corrected chi connectivity index (χ2v) is 10.9. The Morgan fingerprint density at radius 3 is 2.23 bits per heavy atom. The molecule has 198 valence electrons. The number of hydrogen-bond acceptors (Lipinski definition) is 3. The van der Waals surface area contributed by atoms with Crippen LogP contribution in [0.5, 0.6) is 0 Å². The molecule has 0 fully saturated rings. The number of benzene rings is 3. The van der Waals surface area contributed by atoms with Gasteiger partial charge in [0.25, 0.3) is 0 Å². The number of nitrogen functional groups attached to an aromatic ring is 2. The van der Waals surface area contributed by atoms with Crippen LogP contribution in [0, 0.1) is 6.92 Å². The first-order chi connectivity index (χ1) is 19.3. The molecule has 3 aromatic carbocycles. The summed E-state index contributed by atoms with van der Waals surface area (Å²) in [6.07, 6.45) is 3.32. The van der Waals surface area contributed by atoms with E-state index >= 15 is 8.63 Å². The average Bonchev–Trinajstić information content (AvgIpc) is 3.45. The maximum atomic E-state index is 15.3. The highest BCUT2D eigenvalue weighted by Crippen LogP contribution is 2.47. The summed E-state index contributed by atoms with van der Waals surface area (Å²) in [4.78, 5) is 5.22. The molecule has 2 heterocycles. The Balaban J connectivity index is 1.59. The molecular weight excluding hydrogens is 501 g/mol. The van der Waals surface area contributed by atoms with Crippen molar-refractivity contribution >= 4 is 30.1 Å². The molecule has 0 saturated carbocycles. The number of aromatic nitrogens is 1. The van der Waals surface area contributed by atoms with Gasteiger partial charge in [-0.1, -0.05) is 54.6 Å². The van der Waals surface area contributed by atoms with Gasteiger partial charge >= 0.3 is 7.40 Å². The lowest BCUT2D eigenvalue weighted by molar-refractivity contribution is 0.629. The molecule has 1 aromatic heterocycles. The highest BCUT2D eigenvalue weighted by molar-refractivity contribution is 6.42. The van der Waals surface area contributed by atoms with E-state index in [0.717, 1.165) is 69.6 Å². The monoisotopic (exact) mass is 530 g/mol. The van der Waals surface area contributed by atoms with Crippen LogP contribution in [0.3, 0.4) is 0 Å². The molecule has 4 nitrogen and oxygen atoms in total. The maximum absolute atomic E-state index is 15.3. The Bertz CT molecular complexity index is 1830. The Morgan fingerprint density at radius 1 is 0.825 bits per heavy atom. The van der Waals surface area contributed by atoms with Crippen molar-refractivity contribution in [1.29, 1.82) is 0 Å². The first kappa shape index (κ1) is 24.6. The van der Waals surface area contributed by atoms with Crippen LogP contribution < -0.4 is 11.5 Å². The number of allylic oxidation sites excluding steroid dienone is 2. The molecule has 0 unspecified atom stereocenters. The van der Waals surface area contributed by atoms with Gasteiger partial charge in [-0.3, -0.25) is 8.63 Å². The van der Waals surface area contributed by atoms with Crippen molar-refractivity contribution < 1.29 is 8.63 Å². The third kappa shape index (κ3) is 3.53. The second kappa shape index (κ2) is 9.08. The number of aryl methyl sites for hydroxylation is 2. The zero-order chi connectivity index (χ0) is 27.7. The topological polar surface area (TPSA) is 69.3 Å². The summed E-state index contributed by atoms with van der Waals surface area (Å²) in [5.74, 6) is 0. The minimum absolute atomic E-state index is 0.414. The molecule has 4 aromatic rings. The van der Waals surface area contributed by atoms with Crippen LogP contribution in [-0.2, 0) is 19.3 Å². The normalized spacial score (nSPS) is 16.6. The fourth-order valence-corrected chi connectivity index (χ4v) is 6.79. The number of aliphatic imine (C=N–C) groups is 1. The molecule has 40 heavy (non-hydrogen) atoms. The molecule has 0 saturated heterocycles. The molecular formula is C33H29BF2N4. The van der Waals surface area contributed by atoms with Crippen molar-refractivity contribution in [3.05, 3.63) is 123 Å². The van der Waals surface area contributed by atoms with Crippen molar-refractivity contribution in [2.45, 2.75) is 39.5 Å². The molecule has 2 aliphatic carbocycles. The zero-order valence-corrected chi connectivity index (χ0v) is 22.6. The molecule has 0 radical (unpaired) electrons. The SMILES string of the molecule is CC1=C2CCc3ccccc3C2=N/C1=C(/c1ccc(N)c(N)c1)c1c(C)c2c(n1B(F)F)-c1ccccc1CC2. The van der Waals surface area contributed by atoms with Gasteiger partial charge in [0.2, 0.25) is 0 Å². The van der Waals surface area contributed by atoms with Gasteiger partial charge in [0.05, 0.1) is 22.8 Å². The van der Waals surface area contributed by atoms with Crippen LogP contribution in [0.1, 0.15) is 52.4 Å². The highest BCUT2D eigenvalue weighted by Gasteiger charge is 2.37. The molecule has 3 aliphatic rings. The number of rotatable bonds is 3. The summed E-state index contributed by atoms with van der Waals surface area (Å²) in [5.41, 5.74) is 25.8. The van der Waals surface area contributed by atoms with E-state index in [1.165, 1.54) is 15.6 Å².